The number of hydrogen-bond donors (Lipinski definition) is 1. The van der Waals surface area contributed by atoms with Gasteiger partial charge in [-0.2, -0.15) is 0 Å². The normalized spacial score (nSPS) is 10.5. The van der Waals surface area contributed by atoms with Crippen molar-refractivity contribution in [1.82, 2.24) is 9.38 Å². The van der Waals surface area contributed by atoms with Crippen LogP contribution in [0, 0.1) is 0 Å². The molecule has 9 heteroatoms. The summed E-state index contributed by atoms with van der Waals surface area (Å²) in [5, 5.41) is 5.39. The van der Waals surface area contributed by atoms with Gasteiger partial charge in [0.25, 0.3) is 0 Å². The number of methoxy groups -OCH3 is 2. The summed E-state index contributed by atoms with van der Waals surface area (Å²) in [6, 6.07) is 12.7. The highest BCUT2D eigenvalue weighted by Crippen LogP contribution is 2.32. The molecule has 0 unspecified atom stereocenters. The first-order valence-corrected chi connectivity index (χ1v) is 10.1. The van der Waals surface area contributed by atoms with Gasteiger partial charge in [0.1, 0.15) is 0 Å². The first-order valence-electron chi connectivity index (χ1n) is 8.80. The molecule has 156 valence electrons. The maximum absolute atomic E-state index is 12.5. The molecule has 0 aliphatic heterocycles. The third-order valence-corrected chi connectivity index (χ3v) is 5.54. The van der Waals surface area contributed by atoms with Gasteiger partial charge in [0, 0.05) is 33.5 Å². The lowest BCUT2D eigenvalue weighted by molar-refractivity contribution is -0.115. The van der Waals surface area contributed by atoms with E-state index in [4.69, 9.17) is 21.1 Å². The Morgan fingerprint density at radius 3 is 2.70 bits per heavy atom. The molecule has 1 amide bonds. The first-order chi connectivity index (χ1) is 14.1. The SMILES string of the molecule is COc1ccc(-c2cn3c(CC(=O)Nc4cccc(Cl)c4)csc3n2)cc1OC.Cl. The highest BCUT2D eigenvalue weighted by molar-refractivity contribution is 7.15. The minimum absolute atomic E-state index is 0. The molecule has 4 rings (SSSR count). The molecular weight excluding hydrogens is 445 g/mol. The third kappa shape index (κ3) is 4.53. The number of fused-ring (bicyclic) bond motifs is 1. The summed E-state index contributed by atoms with van der Waals surface area (Å²) in [5.74, 6) is 1.19. The average Bonchev–Trinajstić information content (AvgIpc) is 3.29. The minimum atomic E-state index is -0.117. The lowest BCUT2D eigenvalue weighted by Crippen LogP contribution is -2.15. The van der Waals surface area contributed by atoms with Crippen molar-refractivity contribution < 1.29 is 14.3 Å². The molecule has 0 spiro atoms. The van der Waals surface area contributed by atoms with Gasteiger partial charge in [-0.15, -0.1) is 23.7 Å². The molecule has 0 saturated carbocycles. The molecule has 0 radical (unpaired) electrons. The standard InChI is InChI=1S/C21H18ClN3O3S.ClH/c1-27-18-7-6-13(8-19(18)28-2)17-11-25-16(12-29-21(25)24-17)10-20(26)23-15-5-3-4-14(22)9-15;/h3-9,11-12H,10H2,1-2H3,(H,23,26);1H. The van der Waals surface area contributed by atoms with Crippen molar-refractivity contribution in [3.8, 4) is 22.8 Å². The molecule has 0 atom stereocenters. The van der Waals surface area contributed by atoms with Crippen LogP contribution < -0.4 is 14.8 Å². The Kier molecular flexibility index (Phi) is 6.87. The summed E-state index contributed by atoms with van der Waals surface area (Å²) in [6.07, 6.45) is 2.16. The highest BCUT2D eigenvalue weighted by atomic mass is 35.5. The number of aromatic nitrogens is 2. The van der Waals surface area contributed by atoms with Gasteiger partial charge in [-0.1, -0.05) is 17.7 Å². The van der Waals surface area contributed by atoms with Gasteiger partial charge < -0.3 is 14.8 Å². The van der Waals surface area contributed by atoms with Crippen LogP contribution in [0.2, 0.25) is 5.02 Å². The molecule has 0 fully saturated rings. The Morgan fingerprint density at radius 2 is 1.97 bits per heavy atom. The summed E-state index contributed by atoms with van der Waals surface area (Å²) < 4.78 is 12.6. The molecule has 2 aromatic carbocycles. The van der Waals surface area contributed by atoms with Crippen molar-refractivity contribution in [2.75, 3.05) is 19.5 Å². The van der Waals surface area contributed by atoms with Crippen molar-refractivity contribution in [2.45, 2.75) is 6.42 Å². The largest absolute Gasteiger partial charge is 0.493 e. The number of anilines is 1. The molecule has 2 aromatic heterocycles. The van der Waals surface area contributed by atoms with Crippen LogP contribution in [0.15, 0.2) is 54.0 Å². The van der Waals surface area contributed by atoms with Gasteiger partial charge in [0.2, 0.25) is 5.91 Å². The van der Waals surface area contributed by atoms with Crippen molar-refractivity contribution in [2.24, 2.45) is 0 Å². The Hall–Kier alpha value is -2.74. The minimum Gasteiger partial charge on any atom is -0.493 e. The fraction of sp³-hybridized carbons (Fsp3) is 0.143. The van der Waals surface area contributed by atoms with Gasteiger partial charge in [-0.3, -0.25) is 9.20 Å². The van der Waals surface area contributed by atoms with E-state index >= 15 is 0 Å². The van der Waals surface area contributed by atoms with Gasteiger partial charge in [-0.05, 0) is 36.4 Å². The van der Waals surface area contributed by atoms with Crippen molar-refractivity contribution in [3.05, 3.63) is 64.8 Å². The topological polar surface area (TPSA) is 64.9 Å². The number of benzene rings is 2. The van der Waals surface area contributed by atoms with Crippen molar-refractivity contribution in [3.63, 3.8) is 0 Å². The van der Waals surface area contributed by atoms with Crippen LogP contribution in [0.4, 0.5) is 5.69 Å². The zero-order chi connectivity index (χ0) is 20.4. The number of nitrogens with zero attached hydrogens (tertiary/aromatic N) is 2. The molecule has 0 saturated heterocycles. The summed E-state index contributed by atoms with van der Waals surface area (Å²) >= 11 is 7.46. The van der Waals surface area contributed by atoms with E-state index in [1.807, 2.05) is 34.2 Å². The summed E-state index contributed by atoms with van der Waals surface area (Å²) in [6.45, 7) is 0. The third-order valence-electron chi connectivity index (χ3n) is 4.41. The molecule has 4 aromatic rings. The van der Waals surface area contributed by atoms with E-state index in [1.54, 1.807) is 38.5 Å². The van der Waals surface area contributed by atoms with E-state index in [1.165, 1.54) is 11.3 Å². The number of amides is 1. The Morgan fingerprint density at radius 1 is 1.17 bits per heavy atom. The van der Waals surface area contributed by atoms with E-state index in [-0.39, 0.29) is 24.7 Å². The summed E-state index contributed by atoms with van der Waals surface area (Å²) in [5.41, 5.74) is 3.25. The second-order valence-electron chi connectivity index (χ2n) is 6.31. The lowest BCUT2D eigenvalue weighted by atomic mass is 10.1. The lowest BCUT2D eigenvalue weighted by Gasteiger charge is -2.08. The zero-order valence-corrected chi connectivity index (χ0v) is 18.6. The molecular formula is C21H19Cl2N3O3S. The fourth-order valence-corrected chi connectivity index (χ4v) is 4.09. The van der Waals surface area contributed by atoms with Crippen LogP contribution in [0.3, 0.4) is 0 Å². The van der Waals surface area contributed by atoms with Crippen LogP contribution in [-0.2, 0) is 11.2 Å². The van der Waals surface area contributed by atoms with Gasteiger partial charge in [0.05, 0.1) is 26.3 Å². The number of rotatable bonds is 6. The number of thiazole rings is 1. The highest BCUT2D eigenvalue weighted by Gasteiger charge is 2.14. The molecule has 30 heavy (non-hydrogen) atoms. The average molecular weight is 464 g/mol. The maximum Gasteiger partial charge on any atom is 0.230 e. The predicted molar refractivity (Wildman–Crippen MR) is 123 cm³/mol. The number of halogens is 2. The second-order valence-corrected chi connectivity index (χ2v) is 7.58. The van der Waals surface area contributed by atoms with Crippen molar-refractivity contribution in [1.29, 1.82) is 0 Å². The van der Waals surface area contributed by atoms with Gasteiger partial charge in [0.15, 0.2) is 16.5 Å². The molecule has 1 N–H and O–H groups in total. The van der Waals surface area contributed by atoms with E-state index in [9.17, 15) is 4.79 Å². The van der Waals surface area contributed by atoms with E-state index < -0.39 is 0 Å². The number of hydrogen-bond acceptors (Lipinski definition) is 5. The van der Waals surface area contributed by atoms with Gasteiger partial charge >= 0.3 is 0 Å². The Bertz CT molecular complexity index is 1190. The van der Waals surface area contributed by atoms with Crippen LogP contribution >= 0.6 is 35.3 Å². The number of carbonyl (C=O) groups is 1. The molecule has 0 bridgehead atoms. The van der Waals surface area contributed by atoms with Crippen LogP contribution in [-0.4, -0.2) is 29.5 Å². The van der Waals surface area contributed by atoms with Crippen molar-refractivity contribution >= 4 is 51.9 Å². The van der Waals surface area contributed by atoms with Gasteiger partial charge in [-0.25, -0.2) is 4.98 Å². The van der Waals surface area contributed by atoms with Crippen LogP contribution in [0.1, 0.15) is 5.69 Å². The first kappa shape index (κ1) is 22.0. The predicted octanol–water partition coefficient (Wildman–Crippen LogP) is 5.34. The molecule has 2 heterocycles. The van der Waals surface area contributed by atoms with E-state index in [0.717, 1.165) is 21.9 Å². The molecule has 0 aliphatic carbocycles. The van der Waals surface area contributed by atoms with E-state index in [0.29, 0.717) is 22.2 Å². The Labute approximate surface area is 188 Å². The molecule has 0 aliphatic rings. The number of imidazole rings is 1. The van der Waals surface area contributed by atoms with E-state index in [2.05, 4.69) is 10.3 Å². The fourth-order valence-electron chi connectivity index (χ4n) is 3.03. The quantitative estimate of drug-likeness (QED) is 0.419. The number of carbonyl (C=O) groups excluding carboxylic acids is 1. The number of nitrogens with one attached hydrogen (secondary N) is 1. The molecule has 6 nitrogen and oxygen atoms in total. The second kappa shape index (κ2) is 9.38. The summed E-state index contributed by atoms with van der Waals surface area (Å²) in [7, 11) is 3.20. The van der Waals surface area contributed by atoms with Crippen LogP contribution in [0.25, 0.3) is 16.2 Å². The Balaban J connectivity index is 0.00000256. The smallest absolute Gasteiger partial charge is 0.230 e. The van der Waals surface area contributed by atoms with Crippen LogP contribution in [0.5, 0.6) is 11.5 Å². The zero-order valence-electron chi connectivity index (χ0n) is 16.2. The monoisotopic (exact) mass is 463 g/mol. The maximum atomic E-state index is 12.5. The number of ether oxygens (including phenoxy) is 2. The summed E-state index contributed by atoms with van der Waals surface area (Å²) in [4.78, 5) is 17.9.